The van der Waals surface area contributed by atoms with Gasteiger partial charge in [0.2, 0.25) is 5.75 Å². The molecule has 1 aromatic heterocycles. The van der Waals surface area contributed by atoms with Gasteiger partial charge in [-0.3, -0.25) is 9.69 Å². The predicted octanol–water partition coefficient (Wildman–Crippen LogP) is 2.98. The van der Waals surface area contributed by atoms with Crippen LogP contribution in [0.1, 0.15) is 33.9 Å². The number of hydrogen-bond acceptors (Lipinski definition) is 6. The van der Waals surface area contributed by atoms with E-state index in [1.165, 1.54) is 23.0 Å². The molecule has 0 radical (unpaired) electrons. The molecule has 2 heterocycles. The van der Waals surface area contributed by atoms with E-state index in [-0.39, 0.29) is 18.2 Å². The summed E-state index contributed by atoms with van der Waals surface area (Å²) in [5.74, 6) is -0.627. The predicted molar refractivity (Wildman–Crippen MR) is 138 cm³/mol. The molecule has 3 aromatic rings. The quantitative estimate of drug-likeness (QED) is 0.336. The molecule has 7 nitrogen and oxygen atoms in total. The highest BCUT2D eigenvalue weighted by atomic mass is 19.1. The van der Waals surface area contributed by atoms with Crippen LogP contribution >= 0.6 is 0 Å². The lowest BCUT2D eigenvalue weighted by Gasteiger charge is -2.26. The number of hydrogen-bond donors (Lipinski definition) is 3. The first-order valence-electron chi connectivity index (χ1n) is 12.6. The van der Waals surface area contributed by atoms with E-state index in [1.807, 2.05) is 0 Å². The van der Waals surface area contributed by atoms with Crippen molar-refractivity contribution in [1.82, 2.24) is 20.2 Å². The number of H-pyrrole nitrogens is 1. The minimum Gasteiger partial charge on any atom is -0.502 e. The lowest BCUT2D eigenvalue weighted by molar-refractivity contribution is 0.0342. The number of aromatic amines is 1. The zero-order valence-electron chi connectivity index (χ0n) is 20.6. The molecule has 3 N–H and O–H groups in total. The smallest absolute Gasteiger partial charge is 0.293 e. The number of nitrogens with one attached hydrogen (secondary N) is 2. The third kappa shape index (κ3) is 7.46. The molecule has 1 fully saturated rings. The highest BCUT2D eigenvalue weighted by Crippen LogP contribution is 2.24. The maximum atomic E-state index is 12.6. The van der Waals surface area contributed by atoms with Crippen LogP contribution in [0.3, 0.4) is 0 Å². The molecule has 1 atom stereocenters. The van der Waals surface area contributed by atoms with E-state index in [0.29, 0.717) is 18.7 Å². The van der Waals surface area contributed by atoms with Gasteiger partial charge in [0.15, 0.2) is 0 Å². The second-order valence-corrected chi connectivity index (χ2v) is 9.28. The van der Waals surface area contributed by atoms with Gasteiger partial charge in [-0.2, -0.15) is 0 Å². The highest BCUT2D eigenvalue weighted by molar-refractivity contribution is 5.30. The first kappa shape index (κ1) is 26.0. The van der Waals surface area contributed by atoms with E-state index >= 15 is 0 Å². The first-order chi connectivity index (χ1) is 17.6. The molecule has 1 unspecified atom stereocenters. The van der Waals surface area contributed by atoms with Crippen molar-refractivity contribution in [3.63, 3.8) is 0 Å². The van der Waals surface area contributed by atoms with Crippen molar-refractivity contribution < 1.29 is 14.2 Å². The van der Waals surface area contributed by atoms with E-state index in [0.717, 1.165) is 51.3 Å². The number of benzene rings is 2. The Balaban J connectivity index is 1.32. The van der Waals surface area contributed by atoms with Crippen molar-refractivity contribution in [2.24, 2.45) is 0 Å². The zero-order valence-corrected chi connectivity index (χ0v) is 20.6. The topological polar surface area (TPSA) is 90.5 Å². The molecular formula is C28H35FN4O3. The Morgan fingerprint density at radius 1 is 1.00 bits per heavy atom. The molecule has 2 aromatic carbocycles. The Labute approximate surface area is 211 Å². The average Bonchev–Trinajstić information content (AvgIpc) is 2.91. The molecule has 1 saturated heterocycles. The van der Waals surface area contributed by atoms with Crippen LogP contribution in [-0.4, -0.2) is 66.0 Å². The van der Waals surface area contributed by atoms with Gasteiger partial charge in [0.05, 0.1) is 25.2 Å². The van der Waals surface area contributed by atoms with E-state index in [2.05, 4.69) is 68.7 Å². The fourth-order valence-corrected chi connectivity index (χ4v) is 4.56. The fourth-order valence-electron chi connectivity index (χ4n) is 4.56. The van der Waals surface area contributed by atoms with E-state index in [9.17, 15) is 14.3 Å². The zero-order chi connectivity index (χ0) is 25.2. The van der Waals surface area contributed by atoms with Crippen LogP contribution in [0.15, 0.2) is 59.7 Å². The van der Waals surface area contributed by atoms with Crippen molar-refractivity contribution in [3.8, 4) is 5.75 Å². The highest BCUT2D eigenvalue weighted by Gasteiger charge is 2.19. The third-order valence-electron chi connectivity index (χ3n) is 6.65. The van der Waals surface area contributed by atoms with Crippen LogP contribution in [0.2, 0.25) is 0 Å². The van der Waals surface area contributed by atoms with Crippen molar-refractivity contribution in [1.29, 1.82) is 0 Å². The molecule has 0 saturated carbocycles. The fraction of sp³-hybridized carbons (Fsp3) is 0.429. The number of ether oxygens (including phenoxy) is 1. The Hall–Kier alpha value is -3.07. The van der Waals surface area contributed by atoms with Crippen LogP contribution < -0.4 is 10.9 Å². The Bertz CT molecular complexity index is 1130. The number of aromatic hydroxyl groups is 1. The van der Waals surface area contributed by atoms with Crippen molar-refractivity contribution in [3.05, 3.63) is 93.2 Å². The number of rotatable bonds is 12. The van der Waals surface area contributed by atoms with Crippen LogP contribution in [0.5, 0.6) is 5.75 Å². The van der Waals surface area contributed by atoms with Crippen molar-refractivity contribution in [2.75, 3.05) is 46.1 Å². The van der Waals surface area contributed by atoms with Gasteiger partial charge in [0.25, 0.3) is 5.56 Å². The lowest BCUT2D eigenvalue weighted by Crippen LogP contribution is -2.35. The van der Waals surface area contributed by atoms with Gasteiger partial charge in [0, 0.05) is 38.6 Å². The average molecular weight is 495 g/mol. The van der Waals surface area contributed by atoms with Crippen molar-refractivity contribution in [2.45, 2.75) is 31.7 Å². The molecule has 0 spiro atoms. The number of aryl methyl sites for hydroxylation is 2. The Morgan fingerprint density at radius 2 is 1.61 bits per heavy atom. The summed E-state index contributed by atoms with van der Waals surface area (Å²) in [5.41, 5.74) is 4.73. The van der Waals surface area contributed by atoms with Gasteiger partial charge in [-0.15, -0.1) is 0 Å². The molecule has 1 aliphatic rings. The summed E-state index contributed by atoms with van der Waals surface area (Å²) in [5, 5.41) is 13.2. The van der Waals surface area contributed by atoms with E-state index in [1.54, 1.807) is 0 Å². The van der Waals surface area contributed by atoms with Crippen molar-refractivity contribution >= 4 is 0 Å². The monoisotopic (exact) mass is 494 g/mol. The molecular weight excluding hydrogens is 459 g/mol. The normalized spacial score (nSPS) is 15.1. The molecule has 1 aliphatic heterocycles. The number of alkyl halides is 1. The number of nitrogens with zero attached hydrogens (tertiary/aromatic N) is 2. The summed E-state index contributed by atoms with van der Waals surface area (Å²) < 4.78 is 18.0. The second kappa shape index (κ2) is 13.3. The molecule has 0 aliphatic carbocycles. The van der Waals surface area contributed by atoms with Crippen LogP contribution in [-0.2, 0) is 30.5 Å². The SMILES string of the molecule is O=c1[nH]cnc(C(CNCCF)Cc2ccc(CCc3ccc(CN4CCOCC4)cc3)cc2)c1O. The van der Waals surface area contributed by atoms with Crippen LogP contribution in [0.25, 0.3) is 0 Å². The molecule has 8 heteroatoms. The van der Waals surface area contributed by atoms with Crippen LogP contribution in [0.4, 0.5) is 4.39 Å². The summed E-state index contributed by atoms with van der Waals surface area (Å²) in [7, 11) is 0. The molecule has 4 rings (SSSR count). The molecule has 0 bridgehead atoms. The molecule has 0 amide bonds. The maximum Gasteiger partial charge on any atom is 0.293 e. The molecule has 36 heavy (non-hydrogen) atoms. The summed E-state index contributed by atoms with van der Waals surface area (Å²) in [4.78, 5) is 20.8. The summed E-state index contributed by atoms with van der Waals surface area (Å²) >= 11 is 0. The lowest BCUT2D eigenvalue weighted by atomic mass is 9.94. The maximum absolute atomic E-state index is 12.6. The number of halogens is 1. The Kier molecular flexibility index (Phi) is 9.61. The van der Waals surface area contributed by atoms with Crippen LogP contribution in [0, 0.1) is 0 Å². The van der Waals surface area contributed by atoms with Gasteiger partial charge in [-0.05, 0) is 41.5 Å². The van der Waals surface area contributed by atoms with Gasteiger partial charge < -0.3 is 20.1 Å². The van der Waals surface area contributed by atoms with Gasteiger partial charge in [0.1, 0.15) is 6.67 Å². The summed E-state index contributed by atoms with van der Waals surface area (Å²) in [6, 6.07) is 17.3. The Morgan fingerprint density at radius 3 is 2.25 bits per heavy atom. The minimum absolute atomic E-state index is 0.216. The van der Waals surface area contributed by atoms with Gasteiger partial charge >= 0.3 is 0 Å². The number of aromatic nitrogens is 2. The summed E-state index contributed by atoms with van der Waals surface area (Å²) in [6.45, 7) is 4.75. The van der Waals surface area contributed by atoms with E-state index < -0.39 is 12.2 Å². The van der Waals surface area contributed by atoms with Gasteiger partial charge in [-0.25, -0.2) is 9.37 Å². The largest absolute Gasteiger partial charge is 0.502 e. The summed E-state index contributed by atoms with van der Waals surface area (Å²) in [6.07, 6.45) is 3.78. The standard InChI is InChI=1S/C28H35FN4O3/c29-11-12-30-18-25(26-27(34)28(35)32-20-31-26)17-23-7-3-21(4-8-23)1-2-22-5-9-24(10-6-22)19-33-13-15-36-16-14-33/h3-10,20,25,30,34H,1-2,11-19H2,(H,31,32,35). The minimum atomic E-state index is -0.569. The van der Waals surface area contributed by atoms with Gasteiger partial charge in [-0.1, -0.05) is 48.5 Å². The first-order valence-corrected chi connectivity index (χ1v) is 12.6. The second-order valence-electron chi connectivity index (χ2n) is 9.28. The third-order valence-corrected chi connectivity index (χ3v) is 6.65. The number of morpholine rings is 1. The molecule has 192 valence electrons. The van der Waals surface area contributed by atoms with E-state index in [4.69, 9.17) is 4.74 Å².